The van der Waals surface area contributed by atoms with Crippen molar-refractivity contribution in [2.24, 2.45) is 5.10 Å². The number of hydrogen-bond acceptors (Lipinski definition) is 3. The zero-order valence-electron chi connectivity index (χ0n) is 12.1. The van der Waals surface area contributed by atoms with Crippen molar-refractivity contribution in [1.29, 1.82) is 0 Å². The van der Waals surface area contributed by atoms with Crippen LogP contribution in [-0.2, 0) is 11.2 Å². The van der Waals surface area contributed by atoms with E-state index in [4.69, 9.17) is 0 Å². The summed E-state index contributed by atoms with van der Waals surface area (Å²) in [6, 6.07) is 12.7. The van der Waals surface area contributed by atoms with E-state index in [0.29, 0.717) is 5.56 Å². The number of hydrogen-bond donors (Lipinski definition) is 2. The standard InChI is InChI=1S/C17H18N2O2/c1-12-7-8-14(9-13(12)2)10-17(21)19-18-11-15-5-3-4-6-16(15)20/h3-9,11,20H,10H2,1-2H3,(H,19,21)/b18-11-. The summed E-state index contributed by atoms with van der Waals surface area (Å²) in [4.78, 5) is 11.8. The lowest BCUT2D eigenvalue weighted by Crippen LogP contribution is -2.19. The van der Waals surface area contributed by atoms with Gasteiger partial charge < -0.3 is 5.11 Å². The highest BCUT2D eigenvalue weighted by Gasteiger charge is 2.03. The number of phenolic OH excluding ortho intramolecular Hbond substituents is 1. The molecule has 0 aliphatic carbocycles. The Morgan fingerprint density at radius 1 is 1.19 bits per heavy atom. The topological polar surface area (TPSA) is 61.7 Å². The number of carbonyl (C=O) groups is 1. The molecule has 0 atom stereocenters. The van der Waals surface area contributed by atoms with Gasteiger partial charge in [-0.25, -0.2) is 5.43 Å². The number of carbonyl (C=O) groups excluding carboxylic acids is 1. The molecule has 1 amide bonds. The maximum Gasteiger partial charge on any atom is 0.244 e. The molecule has 0 fully saturated rings. The highest BCUT2D eigenvalue weighted by molar-refractivity contribution is 5.85. The Labute approximate surface area is 124 Å². The largest absolute Gasteiger partial charge is 0.507 e. The van der Waals surface area contributed by atoms with E-state index in [9.17, 15) is 9.90 Å². The highest BCUT2D eigenvalue weighted by atomic mass is 16.3. The van der Waals surface area contributed by atoms with Crippen LogP contribution in [0.1, 0.15) is 22.3 Å². The number of amides is 1. The van der Waals surface area contributed by atoms with Crippen molar-refractivity contribution >= 4 is 12.1 Å². The van der Waals surface area contributed by atoms with Gasteiger partial charge in [-0.05, 0) is 42.7 Å². The van der Waals surface area contributed by atoms with E-state index in [1.54, 1.807) is 24.3 Å². The van der Waals surface area contributed by atoms with Crippen molar-refractivity contribution in [3.05, 3.63) is 64.7 Å². The molecule has 0 saturated carbocycles. The van der Waals surface area contributed by atoms with Crippen LogP contribution < -0.4 is 5.43 Å². The molecule has 21 heavy (non-hydrogen) atoms. The van der Waals surface area contributed by atoms with E-state index < -0.39 is 0 Å². The second kappa shape index (κ2) is 6.70. The van der Waals surface area contributed by atoms with E-state index in [1.807, 2.05) is 32.0 Å². The molecule has 2 aromatic carbocycles. The zero-order valence-corrected chi connectivity index (χ0v) is 12.1. The molecule has 2 N–H and O–H groups in total. The number of nitrogens with zero attached hydrogens (tertiary/aromatic N) is 1. The molecule has 0 spiro atoms. The third kappa shape index (κ3) is 4.18. The van der Waals surface area contributed by atoms with Gasteiger partial charge in [-0.15, -0.1) is 0 Å². The van der Waals surface area contributed by atoms with Gasteiger partial charge in [0, 0.05) is 5.56 Å². The molecular formula is C17H18N2O2. The van der Waals surface area contributed by atoms with E-state index >= 15 is 0 Å². The number of phenols is 1. The fraction of sp³-hybridized carbons (Fsp3) is 0.176. The summed E-state index contributed by atoms with van der Waals surface area (Å²) in [7, 11) is 0. The fourth-order valence-corrected chi connectivity index (χ4v) is 1.91. The second-order valence-corrected chi connectivity index (χ2v) is 4.95. The number of rotatable bonds is 4. The third-order valence-electron chi connectivity index (χ3n) is 3.27. The molecule has 0 unspecified atom stereocenters. The van der Waals surface area contributed by atoms with E-state index in [2.05, 4.69) is 10.5 Å². The summed E-state index contributed by atoms with van der Waals surface area (Å²) in [6.45, 7) is 4.06. The normalized spacial score (nSPS) is 10.8. The predicted molar refractivity (Wildman–Crippen MR) is 83.5 cm³/mol. The Kier molecular flexibility index (Phi) is 4.72. The Morgan fingerprint density at radius 2 is 1.95 bits per heavy atom. The van der Waals surface area contributed by atoms with Gasteiger partial charge in [0.2, 0.25) is 5.91 Å². The average Bonchev–Trinajstić information content (AvgIpc) is 2.45. The SMILES string of the molecule is Cc1ccc(CC(=O)N/N=C\c2ccccc2O)cc1C. The molecule has 2 rings (SSSR count). The lowest BCUT2D eigenvalue weighted by atomic mass is 10.0. The maximum atomic E-state index is 11.8. The van der Waals surface area contributed by atoms with Crippen LogP contribution in [0.15, 0.2) is 47.6 Å². The molecule has 4 nitrogen and oxygen atoms in total. The van der Waals surface area contributed by atoms with Crippen LogP contribution in [0, 0.1) is 13.8 Å². The Hall–Kier alpha value is -2.62. The van der Waals surface area contributed by atoms with Crippen molar-refractivity contribution in [1.82, 2.24) is 5.43 Å². The van der Waals surface area contributed by atoms with E-state index in [-0.39, 0.29) is 18.1 Å². The van der Waals surface area contributed by atoms with Gasteiger partial charge in [-0.2, -0.15) is 5.10 Å². The first kappa shape index (κ1) is 14.8. The van der Waals surface area contributed by atoms with Crippen molar-refractivity contribution < 1.29 is 9.90 Å². The van der Waals surface area contributed by atoms with Gasteiger partial charge in [0.15, 0.2) is 0 Å². The molecule has 0 aromatic heterocycles. The van der Waals surface area contributed by atoms with Crippen LogP contribution in [0.4, 0.5) is 0 Å². The van der Waals surface area contributed by atoms with Crippen LogP contribution in [-0.4, -0.2) is 17.2 Å². The van der Waals surface area contributed by atoms with E-state index in [0.717, 1.165) is 11.1 Å². The lowest BCUT2D eigenvalue weighted by Gasteiger charge is -2.04. The van der Waals surface area contributed by atoms with Crippen LogP contribution in [0.2, 0.25) is 0 Å². The number of aromatic hydroxyl groups is 1. The van der Waals surface area contributed by atoms with Gasteiger partial charge in [0.25, 0.3) is 0 Å². The maximum absolute atomic E-state index is 11.8. The summed E-state index contributed by atoms with van der Waals surface area (Å²) in [5.41, 5.74) is 6.34. The van der Waals surface area contributed by atoms with Crippen LogP contribution >= 0.6 is 0 Å². The van der Waals surface area contributed by atoms with Crippen molar-refractivity contribution in [3.8, 4) is 5.75 Å². The molecule has 2 aromatic rings. The molecule has 0 saturated heterocycles. The Balaban J connectivity index is 1.93. The number of para-hydroxylation sites is 1. The first-order valence-electron chi connectivity index (χ1n) is 6.72. The lowest BCUT2D eigenvalue weighted by molar-refractivity contribution is -0.120. The number of nitrogens with one attached hydrogen (secondary N) is 1. The van der Waals surface area contributed by atoms with Gasteiger partial charge in [-0.1, -0.05) is 30.3 Å². The second-order valence-electron chi connectivity index (χ2n) is 4.95. The minimum atomic E-state index is -0.190. The Morgan fingerprint density at radius 3 is 2.67 bits per heavy atom. The minimum absolute atomic E-state index is 0.129. The van der Waals surface area contributed by atoms with Crippen LogP contribution in [0.5, 0.6) is 5.75 Å². The zero-order chi connectivity index (χ0) is 15.2. The number of hydrazone groups is 1. The molecule has 0 bridgehead atoms. The average molecular weight is 282 g/mol. The summed E-state index contributed by atoms with van der Waals surface area (Å²) < 4.78 is 0. The quantitative estimate of drug-likeness (QED) is 0.669. The minimum Gasteiger partial charge on any atom is -0.507 e. The number of benzene rings is 2. The molecule has 108 valence electrons. The summed E-state index contributed by atoms with van der Waals surface area (Å²) in [6.07, 6.45) is 1.70. The van der Waals surface area contributed by atoms with Crippen LogP contribution in [0.25, 0.3) is 0 Å². The van der Waals surface area contributed by atoms with Gasteiger partial charge in [0.1, 0.15) is 5.75 Å². The Bertz CT molecular complexity index is 678. The van der Waals surface area contributed by atoms with Crippen molar-refractivity contribution in [3.63, 3.8) is 0 Å². The highest BCUT2D eigenvalue weighted by Crippen LogP contribution is 2.12. The first-order valence-corrected chi connectivity index (χ1v) is 6.72. The molecule has 0 radical (unpaired) electrons. The first-order chi connectivity index (χ1) is 10.1. The molecule has 4 heteroatoms. The monoisotopic (exact) mass is 282 g/mol. The van der Waals surface area contributed by atoms with Crippen molar-refractivity contribution in [2.75, 3.05) is 0 Å². The summed E-state index contributed by atoms with van der Waals surface area (Å²) >= 11 is 0. The molecular weight excluding hydrogens is 264 g/mol. The smallest absolute Gasteiger partial charge is 0.244 e. The van der Waals surface area contributed by atoms with Gasteiger partial charge in [0.05, 0.1) is 12.6 Å². The van der Waals surface area contributed by atoms with Crippen LogP contribution in [0.3, 0.4) is 0 Å². The number of aryl methyl sites for hydroxylation is 2. The van der Waals surface area contributed by atoms with Gasteiger partial charge in [-0.3, -0.25) is 4.79 Å². The molecule has 0 aliphatic heterocycles. The molecule has 0 aliphatic rings. The third-order valence-corrected chi connectivity index (χ3v) is 3.27. The summed E-state index contributed by atoms with van der Waals surface area (Å²) in [5.74, 6) is -0.0606. The van der Waals surface area contributed by atoms with E-state index in [1.165, 1.54) is 11.8 Å². The molecule has 0 heterocycles. The fourth-order valence-electron chi connectivity index (χ4n) is 1.91. The predicted octanol–water partition coefficient (Wildman–Crippen LogP) is 2.70. The summed E-state index contributed by atoms with van der Waals surface area (Å²) in [5, 5.41) is 13.4. The van der Waals surface area contributed by atoms with Crippen molar-refractivity contribution in [2.45, 2.75) is 20.3 Å². The van der Waals surface area contributed by atoms with Gasteiger partial charge >= 0.3 is 0 Å².